The first-order chi connectivity index (χ1) is 16.0. The number of nitrogens with zero attached hydrogens (tertiary/aromatic N) is 3. The second-order valence-electron chi connectivity index (χ2n) is 7.66. The highest BCUT2D eigenvalue weighted by Crippen LogP contribution is 2.39. The minimum atomic E-state index is -0.957. The van der Waals surface area contributed by atoms with E-state index in [4.69, 9.17) is 25.8 Å². The SMILES string of the molecule is Nc1cccc(-c2nc(N3CCOCC3)c3sc(-c4cccc(C(=O)O)c4)cc3n2)c1C=[NH2+]. The second-order valence-corrected chi connectivity index (χ2v) is 8.71. The predicted molar refractivity (Wildman–Crippen MR) is 130 cm³/mol. The summed E-state index contributed by atoms with van der Waals surface area (Å²) in [6.07, 6.45) is 1.48. The zero-order chi connectivity index (χ0) is 22.9. The molecule has 2 aromatic carbocycles. The molecular weight excluding hydrogens is 438 g/mol. The van der Waals surface area contributed by atoms with Crippen molar-refractivity contribution in [3.05, 3.63) is 59.7 Å². The number of aromatic carboxylic acids is 1. The normalized spacial score (nSPS) is 13.9. The number of rotatable bonds is 5. The van der Waals surface area contributed by atoms with E-state index in [9.17, 15) is 9.90 Å². The number of benzene rings is 2. The van der Waals surface area contributed by atoms with Gasteiger partial charge in [-0.3, -0.25) is 5.41 Å². The number of fused-ring (bicyclic) bond motifs is 1. The van der Waals surface area contributed by atoms with Crippen LogP contribution in [0.25, 0.3) is 32.0 Å². The molecule has 0 amide bonds. The lowest BCUT2D eigenvalue weighted by Gasteiger charge is -2.28. The van der Waals surface area contributed by atoms with Crippen LogP contribution in [0, 0.1) is 0 Å². The topological polar surface area (TPSA) is 127 Å². The van der Waals surface area contributed by atoms with Crippen molar-refractivity contribution in [2.75, 3.05) is 36.9 Å². The molecule has 3 heterocycles. The highest BCUT2D eigenvalue weighted by atomic mass is 32.1. The van der Waals surface area contributed by atoms with Gasteiger partial charge < -0.3 is 20.5 Å². The Morgan fingerprint density at radius 2 is 1.94 bits per heavy atom. The Kier molecular flexibility index (Phi) is 5.49. The van der Waals surface area contributed by atoms with E-state index in [0.29, 0.717) is 30.3 Å². The van der Waals surface area contributed by atoms with E-state index in [2.05, 4.69) is 4.90 Å². The molecule has 5 rings (SSSR count). The molecule has 0 bridgehead atoms. The molecule has 0 spiro atoms. The van der Waals surface area contributed by atoms with Crippen molar-refractivity contribution >= 4 is 45.2 Å². The van der Waals surface area contributed by atoms with Crippen molar-refractivity contribution < 1.29 is 20.0 Å². The minimum absolute atomic E-state index is 0.244. The largest absolute Gasteiger partial charge is 0.478 e. The number of carboxylic acids is 1. The van der Waals surface area contributed by atoms with Gasteiger partial charge in [0.15, 0.2) is 17.9 Å². The quantitative estimate of drug-likeness (QED) is 0.308. The lowest BCUT2D eigenvalue weighted by molar-refractivity contribution is -0.104. The summed E-state index contributed by atoms with van der Waals surface area (Å²) < 4.78 is 6.48. The van der Waals surface area contributed by atoms with Gasteiger partial charge >= 0.3 is 5.97 Å². The van der Waals surface area contributed by atoms with Gasteiger partial charge in [-0.05, 0) is 29.8 Å². The van der Waals surface area contributed by atoms with Crippen molar-refractivity contribution in [3.8, 4) is 21.8 Å². The lowest BCUT2D eigenvalue weighted by atomic mass is 10.1. The number of thiophene rings is 1. The Labute approximate surface area is 193 Å². The van der Waals surface area contributed by atoms with Crippen LogP contribution in [0.15, 0.2) is 48.5 Å². The number of nitrogens with two attached hydrogens (primary N) is 2. The maximum Gasteiger partial charge on any atom is 0.335 e. The highest BCUT2D eigenvalue weighted by molar-refractivity contribution is 7.22. The van der Waals surface area contributed by atoms with Crippen LogP contribution in [-0.2, 0) is 4.74 Å². The predicted octanol–water partition coefficient (Wildman–Crippen LogP) is 2.32. The van der Waals surface area contributed by atoms with E-state index in [0.717, 1.165) is 45.1 Å². The van der Waals surface area contributed by atoms with Crippen molar-refractivity contribution in [2.45, 2.75) is 0 Å². The maximum absolute atomic E-state index is 11.4. The first-order valence-corrected chi connectivity index (χ1v) is 11.3. The lowest BCUT2D eigenvalue weighted by Crippen LogP contribution is -2.37. The first kappa shape index (κ1) is 21.0. The maximum atomic E-state index is 11.4. The van der Waals surface area contributed by atoms with Crippen LogP contribution in [0.4, 0.5) is 11.5 Å². The van der Waals surface area contributed by atoms with Crippen molar-refractivity contribution in [3.63, 3.8) is 0 Å². The Balaban J connectivity index is 1.71. The molecule has 1 fully saturated rings. The minimum Gasteiger partial charge on any atom is -0.478 e. The molecule has 0 aliphatic carbocycles. The Bertz CT molecular complexity index is 1380. The van der Waals surface area contributed by atoms with Gasteiger partial charge in [0.2, 0.25) is 0 Å². The molecule has 9 heteroatoms. The zero-order valence-electron chi connectivity index (χ0n) is 17.7. The summed E-state index contributed by atoms with van der Waals surface area (Å²) in [7, 11) is 0. The number of anilines is 2. The zero-order valence-corrected chi connectivity index (χ0v) is 18.5. The number of morpholine rings is 1. The summed E-state index contributed by atoms with van der Waals surface area (Å²) in [5, 5.41) is 15.3. The van der Waals surface area contributed by atoms with Crippen LogP contribution in [0.2, 0.25) is 0 Å². The molecule has 0 unspecified atom stereocenters. The Hall–Kier alpha value is -3.82. The van der Waals surface area contributed by atoms with E-state index < -0.39 is 5.97 Å². The van der Waals surface area contributed by atoms with Crippen LogP contribution >= 0.6 is 11.3 Å². The van der Waals surface area contributed by atoms with Gasteiger partial charge in [0.25, 0.3) is 0 Å². The average molecular weight is 461 g/mol. The summed E-state index contributed by atoms with van der Waals surface area (Å²) in [5.74, 6) is 0.409. The van der Waals surface area contributed by atoms with E-state index in [1.807, 2.05) is 24.3 Å². The van der Waals surface area contributed by atoms with Crippen LogP contribution < -0.4 is 16.0 Å². The number of hydrogen-bond acceptors (Lipinski definition) is 7. The summed E-state index contributed by atoms with van der Waals surface area (Å²) in [5.41, 5.74) is 10.0. The molecule has 2 aromatic heterocycles. The molecule has 166 valence electrons. The number of carboxylic acid groups (broad SMARTS) is 1. The van der Waals surface area contributed by atoms with Gasteiger partial charge in [-0.15, -0.1) is 11.3 Å². The third-order valence-electron chi connectivity index (χ3n) is 5.61. The number of ether oxygens (including phenoxy) is 1. The number of aromatic nitrogens is 2. The van der Waals surface area contributed by atoms with Gasteiger partial charge in [-0.1, -0.05) is 24.3 Å². The molecule has 4 aromatic rings. The van der Waals surface area contributed by atoms with Crippen molar-refractivity contribution in [1.82, 2.24) is 9.97 Å². The van der Waals surface area contributed by atoms with Crippen LogP contribution in [0.1, 0.15) is 15.9 Å². The van der Waals surface area contributed by atoms with Crippen LogP contribution in [-0.4, -0.2) is 53.6 Å². The standard InChI is InChI=1S/C24H21N5O3S/c25-13-17-16(5-2-6-18(17)26)22-27-19-12-20(14-3-1-4-15(11-14)24(30)31)33-21(19)23(28-22)29-7-9-32-10-8-29/h1-6,11-13,25H,7-10,26H2,(H,30,31)/p+1. The van der Waals surface area contributed by atoms with Crippen LogP contribution in [0.5, 0.6) is 0 Å². The highest BCUT2D eigenvalue weighted by Gasteiger charge is 2.22. The smallest absolute Gasteiger partial charge is 0.335 e. The average Bonchev–Trinajstić information content (AvgIpc) is 3.28. The summed E-state index contributed by atoms with van der Waals surface area (Å²) in [6, 6.07) is 14.4. The fourth-order valence-corrected chi connectivity index (χ4v) is 5.05. The van der Waals surface area contributed by atoms with Gasteiger partial charge in [0.05, 0.1) is 34.6 Å². The first-order valence-electron chi connectivity index (χ1n) is 10.5. The number of nitrogen functional groups attached to an aromatic ring is 1. The fourth-order valence-electron chi connectivity index (χ4n) is 3.94. The van der Waals surface area contributed by atoms with E-state index in [1.54, 1.807) is 35.6 Å². The van der Waals surface area contributed by atoms with Gasteiger partial charge in [-0.2, -0.15) is 0 Å². The van der Waals surface area contributed by atoms with Crippen molar-refractivity contribution in [1.29, 1.82) is 0 Å². The van der Waals surface area contributed by atoms with Gasteiger partial charge in [-0.25, -0.2) is 14.8 Å². The fraction of sp³-hybridized carbons (Fsp3) is 0.167. The summed E-state index contributed by atoms with van der Waals surface area (Å²) >= 11 is 1.55. The molecule has 5 N–H and O–H groups in total. The van der Waals surface area contributed by atoms with Crippen LogP contribution in [0.3, 0.4) is 0 Å². The second kappa shape index (κ2) is 8.61. The molecule has 0 saturated carbocycles. The summed E-state index contributed by atoms with van der Waals surface area (Å²) in [6.45, 7) is 2.69. The molecule has 0 atom stereocenters. The van der Waals surface area contributed by atoms with E-state index >= 15 is 0 Å². The molecule has 33 heavy (non-hydrogen) atoms. The Morgan fingerprint density at radius 1 is 1.15 bits per heavy atom. The van der Waals surface area contributed by atoms with E-state index in [-0.39, 0.29) is 5.56 Å². The number of hydrogen-bond donors (Lipinski definition) is 3. The molecule has 1 saturated heterocycles. The van der Waals surface area contributed by atoms with Gasteiger partial charge in [0.1, 0.15) is 0 Å². The summed E-state index contributed by atoms with van der Waals surface area (Å²) in [4.78, 5) is 24.4. The molecular formula is C24H22N5O3S+. The van der Waals surface area contributed by atoms with E-state index in [1.165, 1.54) is 6.21 Å². The third-order valence-corrected chi connectivity index (χ3v) is 6.78. The molecule has 8 nitrogen and oxygen atoms in total. The van der Waals surface area contributed by atoms with Gasteiger partial charge in [0, 0.05) is 29.2 Å². The number of carbonyl (C=O) groups is 1. The monoisotopic (exact) mass is 460 g/mol. The van der Waals surface area contributed by atoms with Crippen molar-refractivity contribution in [2.24, 2.45) is 0 Å². The third kappa shape index (κ3) is 3.92. The molecule has 1 aliphatic rings. The Morgan fingerprint density at radius 3 is 2.70 bits per heavy atom. The molecule has 1 aliphatic heterocycles. The molecule has 0 radical (unpaired) electrons.